The summed E-state index contributed by atoms with van der Waals surface area (Å²) in [4.78, 5) is 12.0. The lowest BCUT2D eigenvalue weighted by Gasteiger charge is -2.18. The lowest BCUT2D eigenvalue weighted by Crippen LogP contribution is -2.12. The second kappa shape index (κ2) is 3.84. The zero-order chi connectivity index (χ0) is 11.1. The van der Waals surface area contributed by atoms with E-state index in [0.717, 1.165) is 23.8 Å². The van der Waals surface area contributed by atoms with Crippen LogP contribution in [0.2, 0.25) is 0 Å². The van der Waals surface area contributed by atoms with E-state index in [0.29, 0.717) is 12.2 Å². The van der Waals surface area contributed by atoms with Gasteiger partial charge in [0.15, 0.2) is 5.78 Å². The summed E-state index contributed by atoms with van der Waals surface area (Å²) in [5.41, 5.74) is 2.24. The average molecular weight is 322 g/mol. The number of hydrogen-bond donors (Lipinski definition) is 0. The van der Waals surface area contributed by atoms with Crippen LogP contribution in [0.3, 0.4) is 0 Å². The van der Waals surface area contributed by atoms with E-state index in [9.17, 15) is 4.79 Å². The summed E-state index contributed by atoms with van der Waals surface area (Å²) in [6.07, 6.45) is 2.75. The van der Waals surface area contributed by atoms with Crippen molar-refractivity contribution in [2.24, 2.45) is 0 Å². The maximum Gasteiger partial charge on any atom is 0.163 e. The molecule has 0 atom stereocenters. The van der Waals surface area contributed by atoms with Crippen molar-refractivity contribution in [3.8, 4) is 0 Å². The Bertz CT molecular complexity index is 587. The van der Waals surface area contributed by atoms with Gasteiger partial charge in [-0.1, -0.05) is 24.3 Å². The van der Waals surface area contributed by atoms with Crippen LogP contribution >= 0.6 is 22.6 Å². The van der Waals surface area contributed by atoms with Crippen molar-refractivity contribution < 1.29 is 4.79 Å². The average Bonchev–Trinajstić information content (AvgIpc) is 2.30. The van der Waals surface area contributed by atoms with Gasteiger partial charge in [0.2, 0.25) is 0 Å². The molecular formula is C14H11IO. The molecule has 1 nitrogen and oxygen atoms in total. The number of hydrogen-bond acceptors (Lipinski definition) is 1. The van der Waals surface area contributed by atoms with Gasteiger partial charge in [0.05, 0.1) is 0 Å². The Hall–Kier alpha value is -0.900. The lowest BCUT2D eigenvalue weighted by molar-refractivity contribution is 0.0974. The van der Waals surface area contributed by atoms with Crippen molar-refractivity contribution in [1.82, 2.24) is 0 Å². The van der Waals surface area contributed by atoms with Crippen molar-refractivity contribution in [3.05, 3.63) is 45.0 Å². The molecule has 0 radical (unpaired) electrons. The van der Waals surface area contributed by atoms with E-state index >= 15 is 0 Å². The Morgan fingerprint density at radius 3 is 2.81 bits per heavy atom. The molecule has 0 fully saturated rings. The molecule has 16 heavy (non-hydrogen) atoms. The van der Waals surface area contributed by atoms with Crippen LogP contribution in [-0.2, 0) is 6.42 Å². The Morgan fingerprint density at radius 1 is 1.12 bits per heavy atom. The fraction of sp³-hybridized carbons (Fsp3) is 0.214. The monoisotopic (exact) mass is 322 g/mol. The third-order valence-electron chi connectivity index (χ3n) is 3.21. The van der Waals surface area contributed by atoms with Gasteiger partial charge in [0.1, 0.15) is 0 Å². The van der Waals surface area contributed by atoms with E-state index in [4.69, 9.17) is 0 Å². The summed E-state index contributed by atoms with van der Waals surface area (Å²) >= 11 is 2.35. The van der Waals surface area contributed by atoms with Gasteiger partial charge in [0.25, 0.3) is 0 Å². The Labute approximate surface area is 108 Å². The van der Waals surface area contributed by atoms with Crippen LogP contribution in [-0.4, -0.2) is 5.78 Å². The maximum absolute atomic E-state index is 12.0. The van der Waals surface area contributed by atoms with Crippen LogP contribution in [0.5, 0.6) is 0 Å². The number of ketones is 1. The molecule has 0 N–H and O–H groups in total. The van der Waals surface area contributed by atoms with Gasteiger partial charge in [-0.3, -0.25) is 4.79 Å². The summed E-state index contributed by atoms with van der Waals surface area (Å²) in [7, 11) is 0. The number of carbonyl (C=O) groups is 1. The fourth-order valence-corrected chi connectivity index (χ4v) is 3.34. The Morgan fingerprint density at radius 2 is 1.94 bits per heavy atom. The SMILES string of the molecule is O=C1CCCc2c(I)cc3ccccc3c21. The molecule has 2 aromatic carbocycles. The predicted molar refractivity (Wildman–Crippen MR) is 73.9 cm³/mol. The van der Waals surface area contributed by atoms with Crippen LogP contribution in [0.15, 0.2) is 30.3 Å². The molecule has 0 amide bonds. The topological polar surface area (TPSA) is 17.1 Å². The van der Waals surface area contributed by atoms with Crippen molar-refractivity contribution >= 4 is 39.1 Å². The molecule has 3 rings (SSSR count). The van der Waals surface area contributed by atoms with Gasteiger partial charge >= 0.3 is 0 Å². The van der Waals surface area contributed by atoms with Gasteiger partial charge in [-0.2, -0.15) is 0 Å². The number of rotatable bonds is 0. The first-order valence-corrected chi connectivity index (χ1v) is 6.58. The van der Waals surface area contributed by atoms with Gasteiger partial charge in [-0.05, 0) is 57.8 Å². The zero-order valence-electron chi connectivity index (χ0n) is 8.79. The summed E-state index contributed by atoms with van der Waals surface area (Å²) in [6.45, 7) is 0. The minimum absolute atomic E-state index is 0.316. The second-order valence-corrected chi connectivity index (χ2v) is 5.37. The lowest BCUT2D eigenvalue weighted by atomic mass is 9.87. The number of Topliss-reactive ketones (excluding diaryl/α,β-unsaturated/α-hetero) is 1. The molecule has 2 heteroatoms. The molecule has 0 unspecified atom stereocenters. The number of halogens is 1. The van der Waals surface area contributed by atoms with Crippen LogP contribution in [0.4, 0.5) is 0 Å². The van der Waals surface area contributed by atoms with E-state index in [2.05, 4.69) is 40.8 Å². The highest BCUT2D eigenvalue weighted by molar-refractivity contribution is 14.1. The standard InChI is InChI=1S/C14H11IO/c15-12-8-9-4-1-2-5-10(9)14-11(12)6-3-7-13(14)16/h1-2,4-5,8H,3,6-7H2. The second-order valence-electron chi connectivity index (χ2n) is 4.21. The first kappa shape index (κ1) is 10.3. The minimum Gasteiger partial charge on any atom is -0.294 e. The maximum atomic E-state index is 12.0. The van der Waals surface area contributed by atoms with Crippen molar-refractivity contribution in [2.75, 3.05) is 0 Å². The van der Waals surface area contributed by atoms with Crippen LogP contribution in [0.1, 0.15) is 28.8 Å². The van der Waals surface area contributed by atoms with Crippen LogP contribution < -0.4 is 0 Å². The van der Waals surface area contributed by atoms with Crippen molar-refractivity contribution in [3.63, 3.8) is 0 Å². The van der Waals surface area contributed by atoms with Gasteiger partial charge < -0.3 is 0 Å². The van der Waals surface area contributed by atoms with E-state index in [1.807, 2.05) is 12.1 Å². The highest BCUT2D eigenvalue weighted by Gasteiger charge is 2.21. The molecule has 0 saturated carbocycles. The van der Waals surface area contributed by atoms with Gasteiger partial charge in [-0.25, -0.2) is 0 Å². The first-order chi connectivity index (χ1) is 7.77. The first-order valence-electron chi connectivity index (χ1n) is 5.50. The summed E-state index contributed by atoms with van der Waals surface area (Å²) in [5, 5.41) is 2.31. The summed E-state index contributed by atoms with van der Waals surface area (Å²) in [6, 6.07) is 10.4. The van der Waals surface area contributed by atoms with E-state index in [1.54, 1.807) is 0 Å². The molecule has 0 bridgehead atoms. The highest BCUT2D eigenvalue weighted by Crippen LogP contribution is 2.32. The molecule has 0 spiro atoms. The quantitative estimate of drug-likeness (QED) is 0.671. The minimum atomic E-state index is 0.316. The smallest absolute Gasteiger partial charge is 0.163 e. The van der Waals surface area contributed by atoms with E-state index in [1.165, 1.54) is 14.5 Å². The van der Waals surface area contributed by atoms with Crippen LogP contribution in [0, 0.1) is 3.57 Å². The molecule has 0 saturated heterocycles. The Balaban J connectivity index is 2.45. The number of fused-ring (bicyclic) bond motifs is 3. The van der Waals surface area contributed by atoms with E-state index in [-0.39, 0.29) is 0 Å². The van der Waals surface area contributed by atoms with Gasteiger partial charge in [0, 0.05) is 15.6 Å². The third kappa shape index (κ3) is 1.47. The highest BCUT2D eigenvalue weighted by atomic mass is 127. The van der Waals surface area contributed by atoms with Crippen molar-refractivity contribution in [2.45, 2.75) is 19.3 Å². The fourth-order valence-electron chi connectivity index (χ4n) is 2.47. The molecule has 0 aromatic heterocycles. The Kier molecular flexibility index (Phi) is 2.46. The molecule has 80 valence electrons. The summed E-state index contributed by atoms with van der Waals surface area (Å²) in [5.74, 6) is 0.316. The molecule has 2 aromatic rings. The molecule has 1 aliphatic rings. The third-order valence-corrected chi connectivity index (χ3v) is 4.17. The van der Waals surface area contributed by atoms with E-state index < -0.39 is 0 Å². The van der Waals surface area contributed by atoms with Crippen LogP contribution in [0.25, 0.3) is 10.8 Å². The molecule has 0 heterocycles. The predicted octanol–water partition coefficient (Wildman–Crippen LogP) is 3.96. The van der Waals surface area contributed by atoms with Gasteiger partial charge in [-0.15, -0.1) is 0 Å². The molecular weight excluding hydrogens is 311 g/mol. The number of benzene rings is 2. The van der Waals surface area contributed by atoms with Crippen molar-refractivity contribution in [1.29, 1.82) is 0 Å². The molecule has 1 aliphatic carbocycles. The molecule has 0 aliphatic heterocycles. The largest absolute Gasteiger partial charge is 0.294 e. The number of carbonyl (C=O) groups excluding carboxylic acids is 1. The zero-order valence-corrected chi connectivity index (χ0v) is 11.0. The normalized spacial score (nSPS) is 15.2. The summed E-state index contributed by atoms with van der Waals surface area (Å²) < 4.78 is 1.24.